The number of ether oxygens (including phenoxy) is 2. The van der Waals surface area contributed by atoms with Crippen LogP contribution in [0.2, 0.25) is 0 Å². The molecular formula is C8H15NO3. The second-order valence-corrected chi connectivity index (χ2v) is 2.98. The van der Waals surface area contributed by atoms with Gasteiger partial charge in [0.1, 0.15) is 6.10 Å². The molecule has 1 saturated heterocycles. The average Bonchev–Trinajstić information content (AvgIpc) is 2.03. The van der Waals surface area contributed by atoms with Crippen LogP contribution >= 0.6 is 0 Å². The molecule has 0 saturated carbocycles. The third-order valence-corrected chi connectivity index (χ3v) is 1.91. The van der Waals surface area contributed by atoms with Gasteiger partial charge in [-0.2, -0.15) is 0 Å². The maximum Gasteiger partial charge on any atom is 0.302 e. The Morgan fingerprint density at radius 2 is 2.50 bits per heavy atom. The molecule has 1 fully saturated rings. The van der Waals surface area contributed by atoms with E-state index in [1.54, 1.807) is 0 Å². The van der Waals surface area contributed by atoms with Crippen LogP contribution in [0.15, 0.2) is 0 Å². The van der Waals surface area contributed by atoms with Crippen molar-refractivity contribution in [1.82, 2.24) is 0 Å². The molecule has 0 aromatic carbocycles. The second kappa shape index (κ2) is 4.42. The molecule has 1 rings (SSSR count). The van der Waals surface area contributed by atoms with Crippen molar-refractivity contribution >= 4 is 5.97 Å². The van der Waals surface area contributed by atoms with E-state index in [9.17, 15) is 4.79 Å². The number of hydrogen-bond donors (Lipinski definition) is 1. The van der Waals surface area contributed by atoms with Crippen LogP contribution in [0, 0.1) is 0 Å². The molecule has 12 heavy (non-hydrogen) atoms. The van der Waals surface area contributed by atoms with Gasteiger partial charge < -0.3 is 15.2 Å². The molecule has 4 nitrogen and oxygen atoms in total. The van der Waals surface area contributed by atoms with Crippen molar-refractivity contribution in [1.29, 1.82) is 0 Å². The first-order valence-corrected chi connectivity index (χ1v) is 4.21. The summed E-state index contributed by atoms with van der Waals surface area (Å²) in [5, 5.41) is 0. The summed E-state index contributed by atoms with van der Waals surface area (Å²) in [5.41, 5.74) is 5.43. The fraction of sp³-hybridized carbons (Fsp3) is 0.875. The summed E-state index contributed by atoms with van der Waals surface area (Å²) in [6.45, 7) is 2.56. The van der Waals surface area contributed by atoms with Crippen molar-refractivity contribution in [2.24, 2.45) is 5.73 Å². The molecule has 1 aliphatic heterocycles. The molecule has 2 N–H and O–H groups in total. The Hall–Kier alpha value is -0.610. The standard InChI is InChI=1S/C8H15NO3/c1-6(10)12-7-2-3-11-8(4-7)5-9/h7-8H,2-5,9H2,1H3/t7?,8-/m1/s1. The van der Waals surface area contributed by atoms with E-state index in [0.717, 1.165) is 12.8 Å². The zero-order valence-corrected chi connectivity index (χ0v) is 7.29. The van der Waals surface area contributed by atoms with Crippen LogP contribution in [0.3, 0.4) is 0 Å². The van der Waals surface area contributed by atoms with Gasteiger partial charge in [-0.15, -0.1) is 0 Å². The minimum atomic E-state index is -0.224. The van der Waals surface area contributed by atoms with E-state index < -0.39 is 0 Å². The first-order valence-electron chi connectivity index (χ1n) is 4.21. The quantitative estimate of drug-likeness (QED) is 0.600. The number of carbonyl (C=O) groups is 1. The van der Waals surface area contributed by atoms with E-state index in [1.807, 2.05) is 0 Å². The minimum absolute atomic E-state index is 0.00444. The second-order valence-electron chi connectivity index (χ2n) is 2.98. The van der Waals surface area contributed by atoms with E-state index in [-0.39, 0.29) is 18.2 Å². The van der Waals surface area contributed by atoms with Crippen molar-refractivity contribution in [2.75, 3.05) is 13.2 Å². The van der Waals surface area contributed by atoms with Crippen LogP contribution in [-0.2, 0) is 14.3 Å². The normalized spacial score (nSPS) is 29.8. The Bertz CT molecular complexity index is 160. The van der Waals surface area contributed by atoms with Crippen molar-refractivity contribution in [2.45, 2.75) is 32.0 Å². The number of nitrogens with two attached hydrogens (primary N) is 1. The zero-order valence-electron chi connectivity index (χ0n) is 7.29. The highest BCUT2D eigenvalue weighted by Gasteiger charge is 2.23. The highest BCUT2D eigenvalue weighted by atomic mass is 16.6. The largest absolute Gasteiger partial charge is 0.462 e. The monoisotopic (exact) mass is 173 g/mol. The van der Waals surface area contributed by atoms with E-state index in [1.165, 1.54) is 6.92 Å². The van der Waals surface area contributed by atoms with Crippen molar-refractivity contribution in [3.63, 3.8) is 0 Å². The Kier molecular flexibility index (Phi) is 3.49. The van der Waals surface area contributed by atoms with Gasteiger partial charge in [0.15, 0.2) is 0 Å². The molecule has 1 heterocycles. The predicted octanol–water partition coefficient (Wildman–Crippen LogP) is 0.0558. The lowest BCUT2D eigenvalue weighted by atomic mass is 10.1. The molecule has 4 heteroatoms. The summed E-state index contributed by atoms with van der Waals surface area (Å²) in [6, 6.07) is 0. The third-order valence-electron chi connectivity index (χ3n) is 1.91. The lowest BCUT2D eigenvalue weighted by Gasteiger charge is -2.28. The topological polar surface area (TPSA) is 61.5 Å². The predicted molar refractivity (Wildman–Crippen MR) is 43.6 cm³/mol. The van der Waals surface area contributed by atoms with Crippen LogP contribution < -0.4 is 5.73 Å². The zero-order chi connectivity index (χ0) is 8.97. The molecule has 0 spiro atoms. The van der Waals surface area contributed by atoms with Gasteiger partial charge in [-0.1, -0.05) is 0 Å². The van der Waals surface area contributed by atoms with E-state index in [2.05, 4.69) is 0 Å². The smallest absolute Gasteiger partial charge is 0.302 e. The maximum absolute atomic E-state index is 10.6. The van der Waals surface area contributed by atoms with Gasteiger partial charge in [0.25, 0.3) is 0 Å². The number of hydrogen-bond acceptors (Lipinski definition) is 4. The first kappa shape index (κ1) is 9.48. The molecule has 0 bridgehead atoms. The summed E-state index contributed by atoms with van der Waals surface area (Å²) < 4.78 is 10.4. The first-order chi connectivity index (χ1) is 5.72. The van der Waals surface area contributed by atoms with Crippen LogP contribution in [0.5, 0.6) is 0 Å². The van der Waals surface area contributed by atoms with Gasteiger partial charge in [0, 0.05) is 26.3 Å². The van der Waals surface area contributed by atoms with E-state index in [0.29, 0.717) is 13.2 Å². The maximum atomic E-state index is 10.6. The highest BCUT2D eigenvalue weighted by Crippen LogP contribution is 2.15. The lowest BCUT2D eigenvalue weighted by molar-refractivity contribution is -0.152. The number of carbonyl (C=O) groups excluding carboxylic acids is 1. The molecule has 0 amide bonds. The summed E-state index contributed by atoms with van der Waals surface area (Å²) >= 11 is 0. The van der Waals surface area contributed by atoms with Gasteiger partial charge in [-0.25, -0.2) is 0 Å². The molecule has 1 unspecified atom stereocenters. The van der Waals surface area contributed by atoms with Gasteiger partial charge in [0.2, 0.25) is 0 Å². The van der Waals surface area contributed by atoms with Crippen LogP contribution in [0.25, 0.3) is 0 Å². The molecule has 0 aromatic heterocycles. The Balaban J connectivity index is 2.30. The Morgan fingerprint density at radius 1 is 1.75 bits per heavy atom. The summed E-state index contributed by atoms with van der Waals surface area (Å²) in [7, 11) is 0. The highest BCUT2D eigenvalue weighted by molar-refractivity contribution is 5.66. The number of esters is 1. The summed E-state index contributed by atoms with van der Waals surface area (Å²) in [5.74, 6) is -0.224. The summed E-state index contributed by atoms with van der Waals surface area (Å²) in [4.78, 5) is 10.6. The Labute approximate surface area is 72.0 Å². The van der Waals surface area contributed by atoms with Gasteiger partial charge in [-0.3, -0.25) is 4.79 Å². The van der Waals surface area contributed by atoms with Crippen molar-refractivity contribution in [3.05, 3.63) is 0 Å². The van der Waals surface area contributed by atoms with Crippen molar-refractivity contribution in [3.8, 4) is 0 Å². The SMILES string of the molecule is CC(=O)OC1CCO[C@@H](CN)C1. The van der Waals surface area contributed by atoms with Gasteiger partial charge in [0.05, 0.1) is 12.7 Å². The van der Waals surface area contributed by atoms with Gasteiger partial charge in [-0.05, 0) is 0 Å². The summed E-state index contributed by atoms with van der Waals surface area (Å²) in [6.07, 6.45) is 1.58. The van der Waals surface area contributed by atoms with Crippen LogP contribution in [0.4, 0.5) is 0 Å². The minimum Gasteiger partial charge on any atom is -0.462 e. The molecule has 70 valence electrons. The van der Waals surface area contributed by atoms with Crippen molar-refractivity contribution < 1.29 is 14.3 Å². The lowest BCUT2D eigenvalue weighted by Crippen LogP contribution is -2.36. The van der Waals surface area contributed by atoms with Crippen LogP contribution in [0.1, 0.15) is 19.8 Å². The average molecular weight is 173 g/mol. The number of rotatable bonds is 2. The van der Waals surface area contributed by atoms with Gasteiger partial charge >= 0.3 is 5.97 Å². The molecule has 1 aliphatic rings. The molecule has 0 aromatic rings. The van der Waals surface area contributed by atoms with E-state index >= 15 is 0 Å². The molecule has 0 aliphatic carbocycles. The fourth-order valence-corrected chi connectivity index (χ4v) is 1.35. The molecule has 2 atom stereocenters. The molecular weight excluding hydrogens is 158 g/mol. The molecule has 0 radical (unpaired) electrons. The van der Waals surface area contributed by atoms with E-state index in [4.69, 9.17) is 15.2 Å². The third kappa shape index (κ3) is 2.79. The van der Waals surface area contributed by atoms with Crippen LogP contribution in [-0.4, -0.2) is 31.3 Å². The Morgan fingerprint density at radius 3 is 3.08 bits per heavy atom. The fourth-order valence-electron chi connectivity index (χ4n) is 1.35.